The molecule has 2 aromatic carbocycles. The lowest BCUT2D eigenvalue weighted by molar-refractivity contribution is -0.118. The Bertz CT molecular complexity index is 1290. The molecule has 176 valence electrons. The molecule has 8 nitrogen and oxygen atoms in total. The van der Waals surface area contributed by atoms with Crippen LogP contribution in [0.25, 0.3) is 10.2 Å². The van der Waals surface area contributed by atoms with Gasteiger partial charge in [0.1, 0.15) is 0 Å². The molecule has 0 bridgehead atoms. The molecule has 0 saturated carbocycles. The zero-order chi connectivity index (χ0) is 23.8. The molecule has 2 amide bonds. The van der Waals surface area contributed by atoms with Gasteiger partial charge in [-0.15, -0.1) is 0 Å². The van der Waals surface area contributed by atoms with Gasteiger partial charge in [-0.2, -0.15) is 4.99 Å². The Morgan fingerprint density at radius 2 is 1.91 bits per heavy atom. The van der Waals surface area contributed by atoms with E-state index in [1.165, 1.54) is 18.3 Å². The summed E-state index contributed by atoms with van der Waals surface area (Å²) in [5.41, 5.74) is 2.27. The van der Waals surface area contributed by atoms with E-state index in [9.17, 15) is 18.0 Å². The van der Waals surface area contributed by atoms with E-state index in [4.69, 9.17) is 4.74 Å². The summed E-state index contributed by atoms with van der Waals surface area (Å²) in [6.07, 6.45) is 0.261. The number of fused-ring (bicyclic) bond motifs is 1. The monoisotopic (exact) mass is 489 g/mol. The number of aromatic nitrogens is 1. The minimum absolute atomic E-state index is 0.0386. The van der Waals surface area contributed by atoms with Crippen LogP contribution in [0.1, 0.15) is 25.3 Å². The molecular formula is C23H27N3O5S2. The molecule has 1 N–H and O–H groups in total. The van der Waals surface area contributed by atoms with E-state index in [2.05, 4.69) is 10.3 Å². The Balaban J connectivity index is 1.73. The smallest absolute Gasteiger partial charge is 0.248 e. The van der Waals surface area contributed by atoms with Crippen LogP contribution in [0.5, 0.6) is 0 Å². The first-order chi connectivity index (χ1) is 15.8. The van der Waals surface area contributed by atoms with E-state index in [1.807, 2.05) is 22.8 Å². The standard InChI is InChI=1S/C23H27N3O5S2/c1-17(27)24-19-10-11-20-21(15-19)32-23(26(20)12-13-31-2)25-22(28)9-6-14-33(29,30)16-18-7-4-3-5-8-18/h3-5,7-8,10-11,15H,6,9,12-14,16H2,1-2H3,(H,24,27). The molecule has 0 spiro atoms. The summed E-state index contributed by atoms with van der Waals surface area (Å²) in [5, 5.41) is 2.75. The zero-order valence-corrected chi connectivity index (χ0v) is 20.2. The van der Waals surface area contributed by atoms with Gasteiger partial charge in [0.15, 0.2) is 14.6 Å². The predicted molar refractivity (Wildman–Crippen MR) is 130 cm³/mol. The van der Waals surface area contributed by atoms with Gasteiger partial charge >= 0.3 is 0 Å². The highest BCUT2D eigenvalue weighted by Gasteiger charge is 2.14. The molecule has 0 unspecified atom stereocenters. The van der Waals surface area contributed by atoms with Gasteiger partial charge in [0.25, 0.3) is 0 Å². The van der Waals surface area contributed by atoms with E-state index >= 15 is 0 Å². The predicted octanol–water partition coefficient (Wildman–Crippen LogP) is 3.13. The fourth-order valence-electron chi connectivity index (χ4n) is 3.34. The number of carbonyl (C=O) groups is 2. The first kappa shape index (κ1) is 24.8. The number of nitrogens with zero attached hydrogens (tertiary/aromatic N) is 2. The second-order valence-corrected chi connectivity index (χ2v) is 10.8. The van der Waals surface area contributed by atoms with Gasteiger partial charge in [-0.25, -0.2) is 8.42 Å². The summed E-state index contributed by atoms with van der Waals surface area (Å²) in [5.74, 6) is -0.646. The largest absolute Gasteiger partial charge is 0.383 e. The Labute approximate surface area is 196 Å². The van der Waals surface area contributed by atoms with E-state index in [0.717, 1.165) is 15.8 Å². The molecule has 10 heteroatoms. The van der Waals surface area contributed by atoms with Crippen molar-refractivity contribution >= 4 is 48.9 Å². The summed E-state index contributed by atoms with van der Waals surface area (Å²) < 4.78 is 32.6. The number of rotatable bonds is 10. The van der Waals surface area contributed by atoms with Gasteiger partial charge in [0.05, 0.1) is 28.3 Å². The topological polar surface area (TPSA) is 107 Å². The summed E-state index contributed by atoms with van der Waals surface area (Å²) in [6, 6.07) is 14.5. The van der Waals surface area contributed by atoms with Crippen LogP contribution in [-0.2, 0) is 36.5 Å². The van der Waals surface area contributed by atoms with Crippen LogP contribution in [0.2, 0.25) is 0 Å². The summed E-state index contributed by atoms with van der Waals surface area (Å²) in [6.45, 7) is 2.39. The lowest BCUT2D eigenvalue weighted by Crippen LogP contribution is -2.19. The minimum atomic E-state index is -3.31. The van der Waals surface area contributed by atoms with Crippen molar-refractivity contribution in [3.63, 3.8) is 0 Å². The van der Waals surface area contributed by atoms with E-state index in [-0.39, 0.29) is 36.2 Å². The van der Waals surface area contributed by atoms with Crippen molar-refractivity contribution in [2.75, 3.05) is 24.8 Å². The van der Waals surface area contributed by atoms with Crippen molar-refractivity contribution in [3.8, 4) is 0 Å². The summed E-state index contributed by atoms with van der Waals surface area (Å²) >= 11 is 1.34. The number of nitrogens with one attached hydrogen (secondary N) is 1. The molecule has 0 radical (unpaired) electrons. The normalized spacial score (nSPS) is 12.2. The first-order valence-corrected chi connectivity index (χ1v) is 13.1. The molecule has 1 aromatic heterocycles. The highest BCUT2D eigenvalue weighted by atomic mass is 32.2. The Kier molecular flexibility index (Phi) is 8.54. The van der Waals surface area contributed by atoms with E-state index in [0.29, 0.717) is 23.6 Å². The van der Waals surface area contributed by atoms with Crippen molar-refractivity contribution in [2.24, 2.45) is 4.99 Å². The van der Waals surface area contributed by atoms with Gasteiger partial charge < -0.3 is 14.6 Å². The maximum Gasteiger partial charge on any atom is 0.248 e. The average Bonchev–Trinajstić information content (AvgIpc) is 3.07. The summed E-state index contributed by atoms with van der Waals surface area (Å²) in [7, 11) is -1.71. The quantitative estimate of drug-likeness (QED) is 0.471. The Morgan fingerprint density at radius 1 is 1.15 bits per heavy atom. The van der Waals surface area contributed by atoms with Crippen LogP contribution in [-0.4, -0.2) is 44.3 Å². The molecule has 0 fully saturated rings. The first-order valence-electron chi connectivity index (χ1n) is 10.5. The van der Waals surface area contributed by atoms with E-state index < -0.39 is 9.84 Å². The number of anilines is 1. The van der Waals surface area contributed by atoms with Gasteiger partial charge in [0, 0.05) is 32.7 Å². The number of ether oxygens (including phenoxy) is 1. The molecule has 0 saturated heterocycles. The SMILES string of the molecule is COCCn1c(=NC(=O)CCCS(=O)(=O)Cc2ccccc2)sc2cc(NC(C)=O)ccc21. The Hall–Kier alpha value is -2.82. The van der Waals surface area contributed by atoms with Gasteiger partial charge in [-0.1, -0.05) is 41.7 Å². The van der Waals surface area contributed by atoms with Crippen molar-refractivity contribution in [3.05, 3.63) is 58.9 Å². The Morgan fingerprint density at radius 3 is 2.61 bits per heavy atom. The van der Waals surface area contributed by atoms with Crippen LogP contribution >= 0.6 is 11.3 Å². The second-order valence-electron chi connectivity index (χ2n) is 7.58. The number of sulfone groups is 1. The molecule has 0 aliphatic carbocycles. The van der Waals surface area contributed by atoms with Crippen LogP contribution in [0.3, 0.4) is 0 Å². The number of hydrogen-bond donors (Lipinski definition) is 1. The number of thiazole rings is 1. The number of benzene rings is 2. The van der Waals surface area contributed by atoms with Crippen molar-refractivity contribution < 1.29 is 22.7 Å². The van der Waals surface area contributed by atoms with Crippen LogP contribution in [0.4, 0.5) is 5.69 Å². The van der Waals surface area contributed by atoms with Gasteiger partial charge in [-0.3, -0.25) is 9.59 Å². The highest BCUT2D eigenvalue weighted by Crippen LogP contribution is 2.22. The molecule has 1 heterocycles. The maximum absolute atomic E-state index is 12.5. The van der Waals surface area contributed by atoms with Crippen LogP contribution in [0.15, 0.2) is 53.5 Å². The molecular weight excluding hydrogens is 462 g/mol. The van der Waals surface area contributed by atoms with Crippen LogP contribution < -0.4 is 10.1 Å². The average molecular weight is 490 g/mol. The minimum Gasteiger partial charge on any atom is -0.383 e. The fourth-order valence-corrected chi connectivity index (χ4v) is 5.89. The molecule has 0 atom stereocenters. The maximum atomic E-state index is 12.5. The van der Waals surface area contributed by atoms with Crippen molar-refractivity contribution in [2.45, 2.75) is 32.1 Å². The number of hydrogen-bond acceptors (Lipinski definition) is 6. The fraction of sp³-hybridized carbons (Fsp3) is 0.348. The lowest BCUT2D eigenvalue weighted by Gasteiger charge is -2.06. The third-order valence-corrected chi connectivity index (χ3v) is 7.54. The molecule has 3 aromatic rings. The third kappa shape index (κ3) is 7.34. The molecule has 33 heavy (non-hydrogen) atoms. The summed E-state index contributed by atoms with van der Waals surface area (Å²) in [4.78, 5) is 28.6. The second kappa shape index (κ2) is 11.4. The van der Waals surface area contributed by atoms with Crippen molar-refractivity contribution in [1.29, 1.82) is 0 Å². The number of carbonyl (C=O) groups excluding carboxylic acids is 2. The van der Waals surface area contributed by atoms with Crippen molar-refractivity contribution in [1.82, 2.24) is 4.57 Å². The molecule has 3 rings (SSSR count). The number of methoxy groups -OCH3 is 1. The molecule has 0 aliphatic rings. The zero-order valence-electron chi connectivity index (χ0n) is 18.6. The van der Waals surface area contributed by atoms with Gasteiger partial charge in [0.2, 0.25) is 11.8 Å². The third-order valence-electron chi connectivity index (χ3n) is 4.82. The van der Waals surface area contributed by atoms with Crippen LogP contribution in [0, 0.1) is 0 Å². The lowest BCUT2D eigenvalue weighted by atomic mass is 10.2. The highest BCUT2D eigenvalue weighted by molar-refractivity contribution is 7.90. The van der Waals surface area contributed by atoms with E-state index in [1.54, 1.807) is 37.4 Å². The van der Waals surface area contributed by atoms with Gasteiger partial charge in [-0.05, 0) is 30.2 Å². The number of amides is 2. The molecule has 0 aliphatic heterocycles.